The molecule has 1 unspecified atom stereocenters. The number of rotatable bonds is 6. The average molecular weight is 327 g/mol. The van der Waals surface area contributed by atoms with Crippen LogP contribution < -0.4 is 4.74 Å². The molecular formula is C18H21N3O3. The highest BCUT2D eigenvalue weighted by atomic mass is 16.5. The number of carbonyl (C=O) groups excluding carboxylic acids is 1. The molecule has 0 bridgehead atoms. The molecule has 1 saturated heterocycles. The van der Waals surface area contributed by atoms with Crippen molar-refractivity contribution >= 4 is 5.91 Å². The molecule has 1 amide bonds. The number of hydrogen-bond acceptors (Lipinski definition) is 5. The molecule has 1 saturated carbocycles. The molecule has 2 fully saturated rings. The minimum Gasteiger partial charge on any atom is -0.484 e. The van der Waals surface area contributed by atoms with Crippen molar-refractivity contribution in [2.45, 2.75) is 31.6 Å². The first-order valence-electron chi connectivity index (χ1n) is 8.56. The van der Waals surface area contributed by atoms with Gasteiger partial charge in [-0.15, -0.1) is 0 Å². The maximum Gasteiger partial charge on any atom is 0.260 e. The van der Waals surface area contributed by atoms with Gasteiger partial charge in [0.15, 0.2) is 12.4 Å². The van der Waals surface area contributed by atoms with Gasteiger partial charge in [-0.3, -0.25) is 4.79 Å². The molecule has 2 aliphatic rings. The second-order valence-electron chi connectivity index (χ2n) is 6.62. The van der Waals surface area contributed by atoms with Crippen LogP contribution in [0.3, 0.4) is 0 Å². The predicted molar refractivity (Wildman–Crippen MR) is 86.6 cm³/mol. The second-order valence-corrected chi connectivity index (χ2v) is 6.62. The maximum atomic E-state index is 12.3. The zero-order valence-corrected chi connectivity index (χ0v) is 13.6. The monoisotopic (exact) mass is 327 g/mol. The van der Waals surface area contributed by atoms with Crippen molar-refractivity contribution in [1.29, 1.82) is 0 Å². The molecule has 6 nitrogen and oxygen atoms in total. The van der Waals surface area contributed by atoms with Gasteiger partial charge in [-0.05, 0) is 37.3 Å². The molecule has 1 aromatic heterocycles. The SMILES string of the molecule is O=C(COc1ccccc1)N1CCC(Cc2noc(C3CC3)n2)C1. The molecule has 1 aliphatic carbocycles. The van der Waals surface area contributed by atoms with Crippen LogP contribution in [-0.2, 0) is 11.2 Å². The molecule has 4 rings (SSSR count). The van der Waals surface area contributed by atoms with E-state index in [0.29, 0.717) is 11.8 Å². The minimum absolute atomic E-state index is 0.0353. The molecule has 0 radical (unpaired) electrons. The number of hydrogen-bond donors (Lipinski definition) is 0. The summed E-state index contributed by atoms with van der Waals surface area (Å²) in [6, 6.07) is 9.42. The zero-order chi connectivity index (χ0) is 16.4. The van der Waals surface area contributed by atoms with Crippen molar-refractivity contribution in [2.24, 2.45) is 5.92 Å². The molecule has 0 spiro atoms. The highest BCUT2D eigenvalue weighted by molar-refractivity contribution is 5.78. The van der Waals surface area contributed by atoms with E-state index in [0.717, 1.165) is 56.2 Å². The largest absolute Gasteiger partial charge is 0.484 e. The first kappa shape index (κ1) is 15.2. The van der Waals surface area contributed by atoms with E-state index in [-0.39, 0.29) is 12.5 Å². The topological polar surface area (TPSA) is 68.5 Å². The van der Waals surface area contributed by atoms with Gasteiger partial charge in [0.05, 0.1) is 0 Å². The van der Waals surface area contributed by atoms with Crippen LogP contribution in [0.5, 0.6) is 5.75 Å². The summed E-state index contributed by atoms with van der Waals surface area (Å²) in [4.78, 5) is 18.6. The molecule has 6 heteroatoms. The Balaban J connectivity index is 1.25. The fourth-order valence-electron chi connectivity index (χ4n) is 3.08. The number of ether oxygens (including phenoxy) is 1. The standard InChI is InChI=1S/C18H21N3O3/c22-17(12-23-15-4-2-1-3-5-15)21-9-8-13(11-21)10-16-19-18(24-20-16)14-6-7-14/h1-5,13-14H,6-12H2. The summed E-state index contributed by atoms with van der Waals surface area (Å²) in [6.07, 6.45) is 4.08. The summed E-state index contributed by atoms with van der Waals surface area (Å²) in [7, 11) is 0. The maximum absolute atomic E-state index is 12.3. The van der Waals surface area contributed by atoms with Crippen molar-refractivity contribution in [1.82, 2.24) is 15.0 Å². The third-order valence-electron chi connectivity index (χ3n) is 4.63. The van der Waals surface area contributed by atoms with Gasteiger partial charge in [0.2, 0.25) is 5.89 Å². The molecule has 1 aliphatic heterocycles. The van der Waals surface area contributed by atoms with Gasteiger partial charge in [0.1, 0.15) is 5.75 Å². The zero-order valence-electron chi connectivity index (χ0n) is 13.6. The highest BCUT2D eigenvalue weighted by Crippen LogP contribution is 2.39. The van der Waals surface area contributed by atoms with Crippen LogP contribution in [0.2, 0.25) is 0 Å². The van der Waals surface area contributed by atoms with Crippen LogP contribution in [-0.4, -0.2) is 40.6 Å². The Hall–Kier alpha value is -2.37. The Morgan fingerprint density at radius 1 is 1.25 bits per heavy atom. The van der Waals surface area contributed by atoms with E-state index in [1.54, 1.807) is 0 Å². The third kappa shape index (κ3) is 3.58. The number of carbonyl (C=O) groups is 1. The Labute approximate surface area is 140 Å². The summed E-state index contributed by atoms with van der Waals surface area (Å²) in [6.45, 7) is 1.60. The Morgan fingerprint density at radius 3 is 2.88 bits per heavy atom. The van der Waals surface area contributed by atoms with Crippen LogP contribution >= 0.6 is 0 Å². The smallest absolute Gasteiger partial charge is 0.260 e. The summed E-state index contributed by atoms with van der Waals surface area (Å²) < 4.78 is 10.8. The van der Waals surface area contributed by atoms with Crippen molar-refractivity contribution in [2.75, 3.05) is 19.7 Å². The van der Waals surface area contributed by atoms with Gasteiger partial charge in [-0.2, -0.15) is 4.98 Å². The average Bonchev–Trinajstić information content (AvgIpc) is 3.18. The lowest BCUT2D eigenvalue weighted by Crippen LogP contribution is -2.33. The lowest BCUT2D eigenvalue weighted by Gasteiger charge is -2.16. The number of para-hydroxylation sites is 1. The molecule has 24 heavy (non-hydrogen) atoms. The summed E-state index contributed by atoms with van der Waals surface area (Å²) in [5.74, 6) is 3.21. The molecule has 2 aromatic rings. The van der Waals surface area contributed by atoms with E-state index < -0.39 is 0 Å². The predicted octanol–water partition coefficient (Wildman–Crippen LogP) is 2.42. The van der Waals surface area contributed by atoms with Crippen LogP contribution in [0.25, 0.3) is 0 Å². The van der Waals surface area contributed by atoms with Gasteiger partial charge in [-0.1, -0.05) is 23.4 Å². The van der Waals surface area contributed by atoms with E-state index in [1.165, 1.54) is 0 Å². The molecule has 1 aromatic carbocycles. The fourth-order valence-corrected chi connectivity index (χ4v) is 3.08. The van der Waals surface area contributed by atoms with E-state index >= 15 is 0 Å². The van der Waals surface area contributed by atoms with Crippen LogP contribution in [0.15, 0.2) is 34.9 Å². The van der Waals surface area contributed by atoms with Crippen LogP contribution in [0.1, 0.15) is 36.9 Å². The number of likely N-dealkylation sites (tertiary alicyclic amines) is 1. The van der Waals surface area contributed by atoms with Crippen molar-refractivity contribution in [3.63, 3.8) is 0 Å². The number of amides is 1. The lowest BCUT2D eigenvalue weighted by molar-refractivity contribution is -0.132. The number of aromatic nitrogens is 2. The third-order valence-corrected chi connectivity index (χ3v) is 4.63. The first-order valence-corrected chi connectivity index (χ1v) is 8.56. The van der Waals surface area contributed by atoms with E-state index in [4.69, 9.17) is 9.26 Å². The normalized spacial score (nSPS) is 20.3. The van der Waals surface area contributed by atoms with Crippen molar-refractivity contribution < 1.29 is 14.1 Å². The first-order chi connectivity index (χ1) is 11.8. The van der Waals surface area contributed by atoms with E-state index in [1.807, 2.05) is 35.2 Å². The second kappa shape index (κ2) is 6.63. The lowest BCUT2D eigenvalue weighted by atomic mass is 10.1. The molecule has 0 N–H and O–H groups in total. The van der Waals surface area contributed by atoms with E-state index in [2.05, 4.69) is 10.1 Å². The van der Waals surface area contributed by atoms with Gasteiger partial charge in [0, 0.05) is 25.4 Å². The van der Waals surface area contributed by atoms with E-state index in [9.17, 15) is 4.79 Å². The highest BCUT2D eigenvalue weighted by Gasteiger charge is 2.31. The minimum atomic E-state index is 0.0353. The van der Waals surface area contributed by atoms with Crippen LogP contribution in [0, 0.1) is 5.92 Å². The van der Waals surface area contributed by atoms with Gasteiger partial charge in [0.25, 0.3) is 5.91 Å². The molecule has 126 valence electrons. The molecular weight excluding hydrogens is 306 g/mol. The summed E-state index contributed by atoms with van der Waals surface area (Å²) in [5, 5.41) is 4.07. The molecule has 2 heterocycles. The Morgan fingerprint density at radius 2 is 2.08 bits per heavy atom. The summed E-state index contributed by atoms with van der Waals surface area (Å²) in [5.41, 5.74) is 0. The number of nitrogens with zero attached hydrogens (tertiary/aromatic N) is 3. The number of benzene rings is 1. The molecule has 1 atom stereocenters. The Bertz CT molecular complexity index is 697. The fraction of sp³-hybridized carbons (Fsp3) is 0.500. The van der Waals surface area contributed by atoms with Gasteiger partial charge < -0.3 is 14.2 Å². The Kier molecular flexibility index (Phi) is 4.19. The van der Waals surface area contributed by atoms with Crippen molar-refractivity contribution in [3.8, 4) is 5.75 Å². The van der Waals surface area contributed by atoms with Gasteiger partial charge >= 0.3 is 0 Å². The van der Waals surface area contributed by atoms with Crippen molar-refractivity contribution in [3.05, 3.63) is 42.0 Å². The van der Waals surface area contributed by atoms with Crippen LogP contribution in [0.4, 0.5) is 0 Å². The quantitative estimate of drug-likeness (QED) is 0.815. The summed E-state index contributed by atoms with van der Waals surface area (Å²) >= 11 is 0. The van der Waals surface area contributed by atoms with Gasteiger partial charge in [-0.25, -0.2) is 0 Å².